The molecule has 136 valence electrons. The number of aromatic amines is 1. The van der Waals surface area contributed by atoms with E-state index in [0.717, 1.165) is 6.42 Å². The second-order valence-corrected chi connectivity index (χ2v) is 5.99. The van der Waals surface area contributed by atoms with Crippen LogP contribution in [0.15, 0.2) is 32.9 Å². The van der Waals surface area contributed by atoms with Crippen molar-refractivity contribution in [1.29, 1.82) is 0 Å². The van der Waals surface area contributed by atoms with Crippen molar-refractivity contribution in [2.75, 3.05) is 5.43 Å². The highest BCUT2D eigenvalue weighted by Gasteiger charge is 2.16. The predicted molar refractivity (Wildman–Crippen MR) is 98.5 cm³/mol. The van der Waals surface area contributed by atoms with Gasteiger partial charge in [-0.15, -0.1) is 0 Å². The number of benzene rings is 1. The van der Waals surface area contributed by atoms with Crippen molar-refractivity contribution >= 4 is 34.9 Å². The van der Waals surface area contributed by atoms with Gasteiger partial charge in [0.1, 0.15) is 5.82 Å². The first kappa shape index (κ1) is 17.9. The molecule has 0 aliphatic carbocycles. The molecule has 8 nitrogen and oxygen atoms in total. The lowest BCUT2D eigenvalue weighted by Gasteiger charge is -2.06. The van der Waals surface area contributed by atoms with Gasteiger partial charge in [-0.2, -0.15) is 10.1 Å². The van der Waals surface area contributed by atoms with Gasteiger partial charge in [-0.05, 0) is 18.6 Å². The molecular formula is C16H16ClFN6O2. The number of aryl methyl sites for hydroxylation is 2. The second-order valence-electron chi connectivity index (χ2n) is 5.58. The zero-order chi connectivity index (χ0) is 18.8. The monoisotopic (exact) mass is 378 g/mol. The van der Waals surface area contributed by atoms with Crippen LogP contribution in [0.4, 0.5) is 10.3 Å². The van der Waals surface area contributed by atoms with Gasteiger partial charge >= 0.3 is 5.69 Å². The minimum absolute atomic E-state index is 0.130. The molecule has 0 amide bonds. The summed E-state index contributed by atoms with van der Waals surface area (Å²) in [6, 6.07) is 4.32. The fourth-order valence-electron chi connectivity index (χ4n) is 2.55. The normalized spacial score (nSPS) is 11.5. The van der Waals surface area contributed by atoms with Crippen LogP contribution in [-0.4, -0.2) is 25.3 Å². The molecule has 0 saturated heterocycles. The molecule has 3 aromatic rings. The Hall–Kier alpha value is -2.94. The Labute approximate surface area is 151 Å². The first-order valence-electron chi connectivity index (χ1n) is 7.86. The molecule has 26 heavy (non-hydrogen) atoms. The predicted octanol–water partition coefficient (Wildman–Crippen LogP) is 2.07. The minimum Gasteiger partial charge on any atom is -0.303 e. The lowest BCUT2D eigenvalue weighted by Crippen LogP contribution is -2.29. The number of fused-ring (bicyclic) bond motifs is 1. The van der Waals surface area contributed by atoms with Crippen molar-refractivity contribution in [1.82, 2.24) is 19.1 Å². The quantitative estimate of drug-likeness (QED) is 0.524. The molecule has 10 heteroatoms. The van der Waals surface area contributed by atoms with E-state index in [2.05, 4.69) is 20.5 Å². The number of hydrogen-bond acceptors (Lipinski definition) is 5. The van der Waals surface area contributed by atoms with Gasteiger partial charge in [-0.3, -0.25) is 14.3 Å². The number of nitrogens with one attached hydrogen (secondary N) is 2. The Morgan fingerprint density at radius 1 is 1.42 bits per heavy atom. The van der Waals surface area contributed by atoms with E-state index in [9.17, 15) is 14.0 Å². The van der Waals surface area contributed by atoms with Crippen molar-refractivity contribution in [3.8, 4) is 0 Å². The van der Waals surface area contributed by atoms with Crippen molar-refractivity contribution in [3.63, 3.8) is 0 Å². The lowest BCUT2D eigenvalue weighted by atomic mass is 10.2. The molecule has 0 aliphatic rings. The van der Waals surface area contributed by atoms with E-state index in [1.54, 1.807) is 10.6 Å². The Kier molecular flexibility index (Phi) is 4.90. The molecule has 0 unspecified atom stereocenters. The Morgan fingerprint density at radius 2 is 2.19 bits per heavy atom. The van der Waals surface area contributed by atoms with Crippen LogP contribution in [0.1, 0.15) is 18.9 Å². The first-order valence-corrected chi connectivity index (χ1v) is 8.24. The summed E-state index contributed by atoms with van der Waals surface area (Å²) in [6.45, 7) is 2.42. The average Bonchev–Trinajstić information content (AvgIpc) is 2.95. The Bertz CT molecular complexity index is 1090. The van der Waals surface area contributed by atoms with Crippen LogP contribution in [0, 0.1) is 5.82 Å². The van der Waals surface area contributed by atoms with Gasteiger partial charge in [-0.25, -0.2) is 14.6 Å². The highest BCUT2D eigenvalue weighted by Crippen LogP contribution is 2.18. The van der Waals surface area contributed by atoms with Crippen LogP contribution in [0.25, 0.3) is 11.2 Å². The van der Waals surface area contributed by atoms with Gasteiger partial charge in [0.05, 0.1) is 11.2 Å². The zero-order valence-corrected chi connectivity index (χ0v) is 14.8. The molecule has 0 saturated carbocycles. The number of anilines is 1. The van der Waals surface area contributed by atoms with E-state index < -0.39 is 17.1 Å². The number of halogens is 2. The maximum absolute atomic E-state index is 13.8. The number of hydrogen-bond donors (Lipinski definition) is 2. The fraction of sp³-hybridized carbons (Fsp3) is 0.250. The summed E-state index contributed by atoms with van der Waals surface area (Å²) in [6.07, 6.45) is 1.96. The first-order chi connectivity index (χ1) is 12.4. The maximum Gasteiger partial charge on any atom is 0.329 e. The number of imidazole rings is 1. The third kappa shape index (κ3) is 3.13. The number of aromatic nitrogens is 4. The Balaban J connectivity index is 2.05. The average molecular weight is 379 g/mol. The molecular weight excluding hydrogens is 363 g/mol. The van der Waals surface area contributed by atoms with E-state index in [1.807, 2.05) is 6.92 Å². The van der Waals surface area contributed by atoms with Gasteiger partial charge in [0.15, 0.2) is 11.2 Å². The van der Waals surface area contributed by atoms with Gasteiger partial charge in [0.25, 0.3) is 5.56 Å². The standard InChI is InChI=1S/C16H16ClFN6O2/c1-3-7-24-12-13(23(2)16(26)21-14(12)25)20-15(24)22-19-8-9-10(17)5-4-6-11(9)18/h4-6,8H,3,7H2,1-2H3,(H,20,22)(H,21,25,26)/b19-8-. The van der Waals surface area contributed by atoms with Crippen molar-refractivity contribution in [2.24, 2.45) is 12.1 Å². The molecule has 0 atom stereocenters. The summed E-state index contributed by atoms with van der Waals surface area (Å²) in [5.41, 5.74) is 2.22. The lowest BCUT2D eigenvalue weighted by molar-refractivity contribution is 0.626. The van der Waals surface area contributed by atoms with E-state index in [1.165, 1.54) is 30.0 Å². The van der Waals surface area contributed by atoms with Crippen LogP contribution in [0.3, 0.4) is 0 Å². The zero-order valence-electron chi connectivity index (χ0n) is 14.1. The molecule has 0 bridgehead atoms. The van der Waals surface area contributed by atoms with Gasteiger partial charge in [0.2, 0.25) is 5.95 Å². The van der Waals surface area contributed by atoms with Gasteiger partial charge < -0.3 is 4.57 Å². The molecule has 2 aromatic heterocycles. The van der Waals surface area contributed by atoms with E-state index in [0.29, 0.717) is 6.54 Å². The summed E-state index contributed by atoms with van der Waals surface area (Å²) >= 11 is 5.95. The van der Waals surface area contributed by atoms with E-state index in [4.69, 9.17) is 11.6 Å². The van der Waals surface area contributed by atoms with E-state index in [-0.39, 0.29) is 27.7 Å². The minimum atomic E-state index is -0.558. The van der Waals surface area contributed by atoms with Crippen LogP contribution >= 0.6 is 11.6 Å². The Morgan fingerprint density at radius 3 is 2.88 bits per heavy atom. The summed E-state index contributed by atoms with van der Waals surface area (Å²) in [5.74, 6) is -0.249. The van der Waals surface area contributed by atoms with Gasteiger partial charge in [-0.1, -0.05) is 24.6 Å². The summed E-state index contributed by atoms with van der Waals surface area (Å²) < 4.78 is 16.6. The topological polar surface area (TPSA) is 97.1 Å². The fourth-order valence-corrected chi connectivity index (χ4v) is 2.76. The number of nitrogens with zero attached hydrogens (tertiary/aromatic N) is 4. The largest absolute Gasteiger partial charge is 0.329 e. The van der Waals surface area contributed by atoms with Crippen LogP contribution in [0.2, 0.25) is 5.02 Å². The molecule has 2 heterocycles. The molecule has 0 spiro atoms. The number of H-pyrrole nitrogens is 1. The van der Waals surface area contributed by atoms with Crippen LogP contribution in [-0.2, 0) is 13.6 Å². The molecule has 0 aliphatic heterocycles. The summed E-state index contributed by atoms with van der Waals surface area (Å²) in [4.78, 5) is 30.5. The van der Waals surface area contributed by atoms with Crippen molar-refractivity contribution in [2.45, 2.75) is 19.9 Å². The highest BCUT2D eigenvalue weighted by molar-refractivity contribution is 6.33. The molecule has 3 rings (SSSR count). The molecule has 2 N–H and O–H groups in total. The number of hydrazone groups is 1. The smallest absolute Gasteiger partial charge is 0.303 e. The van der Waals surface area contributed by atoms with Crippen LogP contribution in [0.5, 0.6) is 0 Å². The maximum atomic E-state index is 13.8. The molecule has 0 radical (unpaired) electrons. The number of rotatable bonds is 5. The van der Waals surface area contributed by atoms with Crippen molar-refractivity contribution < 1.29 is 4.39 Å². The SMILES string of the molecule is CCCn1c(N/N=C\c2c(F)cccc2Cl)nc2c1c(=O)[nH]c(=O)n2C. The van der Waals surface area contributed by atoms with E-state index >= 15 is 0 Å². The second kappa shape index (κ2) is 7.12. The molecule has 1 aromatic carbocycles. The third-order valence-corrected chi connectivity index (χ3v) is 4.14. The molecule has 0 fully saturated rings. The highest BCUT2D eigenvalue weighted by atomic mass is 35.5. The van der Waals surface area contributed by atoms with Crippen molar-refractivity contribution in [3.05, 3.63) is 55.4 Å². The summed E-state index contributed by atoms with van der Waals surface area (Å²) in [5, 5.41) is 4.19. The third-order valence-electron chi connectivity index (χ3n) is 3.81. The van der Waals surface area contributed by atoms with Crippen LogP contribution < -0.4 is 16.7 Å². The summed E-state index contributed by atoms with van der Waals surface area (Å²) in [7, 11) is 1.51. The van der Waals surface area contributed by atoms with Gasteiger partial charge in [0, 0.05) is 19.2 Å².